The van der Waals surface area contributed by atoms with Crippen LogP contribution in [0.4, 0.5) is 8.78 Å². The summed E-state index contributed by atoms with van der Waals surface area (Å²) in [5.41, 5.74) is 1.69. The molecule has 0 radical (unpaired) electrons. The van der Waals surface area contributed by atoms with Crippen LogP contribution in [0.2, 0.25) is 0 Å². The zero-order valence-corrected chi connectivity index (χ0v) is 14.4. The molecule has 0 aromatic heterocycles. The highest BCUT2D eigenvalue weighted by molar-refractivity contribution is 5.94. The first kappa shape index (κ1) is 18.0. The fraction of sp³-hybridized carbons (Fsp3) is 0.300. The van der Waals surface area contributed by atoms with E-state index in [0.29, 0.717) is 12.1 Å². The van der Waals surface area contributed by atoms with E-state index in [1.165, 1.54) is 18.2 Å². The van der Waals surface area contributed by atoms with Crippen molar-refractivity contribution < 1.29 is 18.4 Å². The minimum Gasteiger partial charge on any atom is -0.354 e. The minimum atomic E-state index is -0.425. The van der Waals surface area contributed by atoms with Crippen LogP contribution >= 0.6 is 0 Å². The lowest BCUT2D eigenvalue weighted by Crippen LogP contribution is -2.35. The quantitative estimate of drug-likeness (QED) is 0.780. The summed E-state index contributed by atoms with van der Waals surface area (Å²) in [4.78, 5) is 24.0. The Labute approximate surface area is 150 Å². The van der Waals surface area contributed by atoms with Crippen LogP contribution in [0.15, 0.2) is 42.5 Å². The first-order valence-electron chi connectivity index (χ1n) is 8.53. The molecule has 0 bridgehead atoms. The zero-order valence-electron chi connectivity index (χ0n) is 14.4. The van der Waals surface area contributed by atoms with Crippen molar-refractivity contribution in [2.75, 3.05) is 13.1 Å². The number of aryl methyl sites for hydroxylation is 1. The summed E-state index contributed by atoms with van der Waals surface area (Å²) in [6.07, 6.45) is 0.743. The number of halogens is 2. The molecule has 3 rings (SSSR count). The van der Waals surface area contributed by atoms with Crippen molar-refractivity contribution in [2.45, 2.75) is 19.3 Å². The van der Waals surface area contributed by atoms with Crippen molar-refractivity contribution in [3.8, 4) is 0 Å². The summed E-state index contributed by atoms with van der Waals surface area (Å²) in [5, 5.41) is 5.43. The maximum atomic E-state index is 13.5. The van der Waals surface area contributed by atoms with Crippen molar-refractivity contribution in [2.24, 2.45) is 5.92 Å². The Hall–Kier alpha value is -2.76. The van der Waals surface area contributed by atoms with E-state index in [2.05, 4.69) is 10.6 Å². The van der Waals surface area contributed by atoms with Crippen molar-refractivity contribution in [3.63, 3.8) is 0 Å². The van der Waals surface area contributed by atoms with E-state index in [4.69, 9.17) is 0 Å². The normalized spacial score (nSPS) is 18.3. The average Bonchev–Trinajstić information content (AvgIpc) is 3.42. The second kappa shape index (κ2) is 7.64. The van der Waals surface area contributed by atoms with E-state index >= 15 is 0 Å². The molecule has 1 aliphatic rings. The van der Waals surface area contributed by atoms with Gasteiger partial charge in [-0.25, -0.2) is 8.78 Å². The Morgan fingerprint density at radius 3 is 2.42 bits per heavy atom. The molecule has 2 N–H and O–H groups in total. The smallest absolute Gasteiger partial charge is 0.251 e. The summed E-state index contributed by atoms with van der Waals surface area (Å²) in [5.74, 6) is -1.15. The van der Waals surface area contributed by atoms with Gasteiger partial charge in [-0.15, -0.1) is 0 Å². The molecule has 1 fully saturated rings. The number of carbonyl (C=O) groups is 2. The van der Waals surface area contributed by atoms with Crippen molar-refractivity contribution >= 4 is 11.8 Å². The molecule has 2 unspecified atom stereocenters. The first-order valence-corrected chi connectivity index (χ1v) is 8.53. The lowest BCUT2D eigenvalue weighted by molar-refractivity contribution is -0.122. The Bertz CT molecular complexity index is 821. The van der Waals surface area contributed by atoms with Gasteiger partial charge in [-0.2, -0.15) is 0 Å². The third kappa shape index (κ3) is 4.25. The molecular formula is C20H20F2N2O2. The van der Waals surface area contributed by atoms with E-state index in [0.717, 1.165) is 12.0 Å². The second-order valence-corrected chi connectivity index (χ2v) is 6.51. The van der Waals surface area contributed by atoms with Crippen LogP contribution in [0.5, 0.6) is 0 Å². The maximum Gasteiger partial charge on any atom is 0.251 e. The summed E-state index contributed by atoms with van der Waals surface area (Å²) >= 11 is 0. The monoisotopic (exact) mass is 358 g/mol. The fourth-order valence-corrected chi connectivity index (χ4v) is 2.89. The largest absolute Gasteiger partial charge is 0.354 e. The number of hydrogen-bond acceptors (Lipinski definition) is 2. The SMILES string of the molecule is Cc1ccc(C(=O)NCCNC(=O)C2CC2c2ccc(F)cc2)cc1F. The Morgan fingerprint density at radius 1 is 1.04 bits per heavy atom. The van der Waals surface area contributed by atoms with Gasteiger partial charge in [0.1, 0.15) is 11.6 Å². The van der Waals surface area contributed by atoms with E-state index in [-0.39, 0.29) is 41.6 Å². The van der Waals surface area contributed by atoms with Crippen LogP contribution in [0.3, 0.4) is 0 Å². The van der Waals surface area contributed by atoms with Gasteiger partial charge in [0.25, 0.3) is 5.91 Å². The van der Waals surface area contributed by atoms with Crippen LogP contribution in [0, 0.1) is 24.5 Å². The number of rotatable bonds is 6. The molecule has 1 saturated carbocycles. The Morgan fingerprint density at radius 2 is 1.73 bits per heavy atom. The predicted molar refractivity (Wildman–Crippen MR) is 93.7 cm³/mol. The fourth-order valence-electron chi connectivity index (χ4n) is 2.89. The van der Waals surface area contributed by atoms with Gasteiger partial charge in [0.15, 0.2) is 0 Å². The average molecular weight is 358 g/mol. The molecule has 136 valence electrons. The highest BCUT2D eigenvalue weighted by Crippen LogP contribution is 2.47. The molecule has 2 aromatic carbocycles. The third-order valence-corrected chi connectivity index (χ3v) is 4.57. The Balaban J connectivity index is 1.40. The molecule has 0 saturated heterocycles. The maximum absolute atomic E-state index is 13.5. The van der Waals surface area contributed by atoms with Gasteiger partial charge in [-0.3, -0.25) is 9.59 Å². The molecule has 2 atom stereocenters. The lowest BCUT2D eigenvalue weighted by atomic mass is 10.1. The molecule has 2 amide bonds. The molecular weight excluding hydrogens is 338 g/mol. The topological polar surface area (TPSA) is 58.2 Å². The standard InChI is InChI=1S/C20H20F2N2O2/c1-12-2-3-14(10-18(12)22)19(25)23-8-9-24-20(26)17-11-16(17)13-4-6-15(21)7-5-13/h2-7,10,16-17H,8-9,11H2,1H3,(H,23,25)(H,24,26). The van der Waals surface area contributed by atoms with Crippen LogP contribution in [0.25, 0.3) is 0 Å². The molecule has 1 aliphatic carbocycles. The predicted octanol–water partition coefficient (Wildman–Crippen LogP) is 2.92. The van der Waals surface area contributed by atoms with Crippen LogP contribution in [-0.4, -0.2) is 24.9 Å². The molecule has 2 aromatic rings. The van der Waals surface area contributed by atoms with E-state index in [9.17, 15) is 18.4 Å². The molecule has 0 heterocycles. The van der Waals surface area contributed by atoms with Crippen LogP contribution < -0.4 is 10.6 Å². The molecule has 26 heavy (non-hydrogen) atoms. The van der Waals surface area contributed by atoms with Gasteiger partial charge >= 0.3 is 0 Å². The van der Waals surface area contributed by atoms with E-state index < -0.39 is 5.82 Å². The number of carbonyl (C=O) groups excluding carboxylic acids is 2. The highest BCUT2D eigenvalue weighted by atomic mass is 19.1. The van der Waals surface area contributed by atoms with E-state index in [1.807, 2.05) is 0 Å². The summed E-state index contributed by atoms with van der Waals surface area (Å²) < 4.78 is 26.4. The Kier molecular flexibility index (Phi) is 5.30. The summed E-state index contributed by atoms with van der Waals surface area (Å²) in [6.45, 7) is 2.18. The summed E-state index contributed by atoms with van der Waals surface area (Å²) in [7, 11) is 0. The van der Waals surface area contributed by atoms with Gasteiger partial charge in [0, 0.05) is 24.6 Å². The number of amides is 2. The lowest BCUT2D eigenvalue weighted by Gasteiger charge is -2.08. The van der Waals surface area contributed by atoms with Gasteiger partial charge < -0.3 is 10.6 Å². The second-order valence-electron chi connectivity index (χ2n) is 6.51. The molecule has 6 heteroatoms. The van der Waals surface area contributed by atoms with Gasteiger partial charge in [0.05, 0.1) is 0 Å². The van der Waals surface area contributed by atoms with Gasteiger partial charge in [-0.1, -0.05) is 18.2 Å². The van der Waals surface area contributed by atoms with E-state index in [1.54, 1.807) is 31.2 Å². The molecule has 0 aliphatic heterocycles. The number of hydrogen-bond donors (Lipinski definition) is 2. The third-order valence-electron chi connectivity index (χ3n) is 4.57. The van der Waals surface area contributed by atoms with Crippen LogP contribution in [-0.2, 0) is 4.79 Å². The van der Waals surface area contributed by atoms with Crippen LogP contribution in [0.1, 0.15) is 33.8 Å². The zero-order chi connectivity index (χ0) is 18.7. The highest BCUT2D eigenvalue weighted by Gasteiger charge is 2.43. The van der Waals surface area contributed by atoms with Crippen molar-refractivity contribution in [3.05, 3.63) is 70.8 Å². The molecule has 4 nitrogen and oxygen atoms in total. The number of nitrogens with one attached hydrogen (secondary N) is 2. The number of benzene rings is 2. The van der Waals surface area contributed by atoms with Crippen molar-refractivity contribution in [1.29, 1.82) is 0 Å². The first-order chi connectivity index (χ1) is 12.5. The van der Waals surface area contributed by atoms with Gasteiger partial charge in [0.2, 0.25) is 5.91 Å². The van der Waals surface area contributed by atoms with Gasteiger partial charge in [-0.05, 0) is 54.7 Å². The minimum absolute atomic E-state index is 0.0741. The summed E-state index contributed by atoms with van der Waals surface area (Å²) in [6, 6.07) is 10.5. The molecule has 0 spiro atoms. The van der Waals surface area contributed by atoms with Crippen molar-refractivity contribution in [1.82, 2.24) is 10.6 Å².